The predicted molar refractivity (Wildman–Crippen MR) is 123 cm³/mol. The molecule has 0 aliphatic rings. The Bertz CT molecular complexity index is 1440. The van der Waals surface area contributed by atoms with Crippen LogP contribution in [0.4, 0.5) is 20.6 Å². The molecule has 8 heteroatoms. The van der Waals surface area contributed by atoms with Crippen molar-refractivity contribution in [1.29, 1.82) is 0 Å². The van der Waals surface area contributed by atoms with Gasteiger partial charge in [0.1, 0.15) is 17.2 Å². The van der Waals surface area contributed by atoms with Gasteiger partial charge < -0.3 is 24.9 Å². The van der Waals surface area contributed by atoms with Gasteiger partial charge in [-0.1, -0.05) is 6.07 Å². The van der Waals surface area contributed by atoms with Gasteiger partial charge >= 0.3 is 6.03 Å². The Morgan fingerprint density at radius 1 is 1.09 bits per heavy atom. The second-order valence-corrected chi connectivity index (χ2v) is 7.32. The summed E-state index contributed by atoms with van der Waals surface area (Å²) in [6.07, 6.45) is 5.72. The fourth-order valence-electron chi connectivity index (χ4n) is 3.84. The molecule has 3 N–H and O–H groups in total. The molecular weight excluding hydrogens is 409 g/mol. The average Bonchev–Trinajstić information content (AvgIpc) is 3.40. The fourth-order valence-corrected chi connectivity index (χ4v) is 3.84. The van der Waals surface area contributed by atoms with Crippen molar-refractivity contribution in [2.24, 2.45) is 0 Å². The first-order chi connectivity index (χ1) is 15.6. The highest BCUT2D eigenvalue weighted by Crippen LogP contribution is 2.28. The van der Waals surface area contributed by atoms with Crippen molar-refractivity contribution in [3.63, 3.8) is 0 Å². The summed E-state index contributed by atoms with van der Waals surface area (Å²) >= 11 is 0. The lowest BCUT2D eigenvalue weighted by atomic mass is 10.2. The monoisotopic (exact) mass is 429 g/mol. The van der Waals surface area contributed by atoms with Gasteiger partial charge in [-0.2, -0.15) is 0 Å². The number of halogens is 1. The number of methoxy groups -OCH3 is 1. The van der Waals surface area contributed by atoms with Crippen LogP contribution in [0.5, 0.6) is 5.75 Å². The second kappa shape index (κ2) is 8.07. The smallest absolute Gasteiger partial charge is 0.323 e. The van der Waals surface area contributed by atoms with Crippen LogP contribution >= 0.6 is 0 Å². The SMILES string of the molecule is COc1cc(F)ccc1NC(=O)Nc1cccc2c1ccn2Cc1c[nH]c2ncccc12. The van der Waals surface area contributed by atoms with Crippen molar-refractivity contribution in [2.75, 3.05) is 17.7 Å². The van der Waals surface area contributed by atoms with Gasteiger partial charge in [-0.25, -0.2) is 14.2 Å². The second-order valence-electron chi connectivity index (χ2n) is 7.32. The Balaban J connectivity index is 1.39. The molecular formula is C24H20FN5O2. The first-order valence-corrected chi connectivity index (χ1v) is 10.0. The number of pyridine rings is 1. The number of aromatic amines is 1. The summed E-state index contributed by atoms with van der Waals surface area (Å²) in [5.41, 5.74) is 4.02. The fraction of sp³-hybridized carbons (Fsp3) is 0.0833. The van der Waals surface area contributed by atoms with Gasteiger partial charge in [0.15, 0.2) is 0 Å². The molecule has 0 aliphatic heterocycles. The lowest BCUT2D eigenvalue weighted by Gasteiger charge is -2.12. The minimum atomic E-state index is -0.446. The van der Waals surface area contributed by atoms with Crippen molar-refractivity contribution in [2.45, 2.75) is 6.54 Å². The zero-order chi connectivity index (χ0) is 22.1. The lowest BCUT2D eigenvalue weighted by molar-refractivity contribution is 0.262. The normalized spacial score (nSPS) is 11.1. The van der Waals surface area contributed by atoms with Crippen LogP contribution in [0.2, 0.25) is 0 Å². The van der Waals surface area contributed by atoms with E-state index >= 15 is 0 Å². The van der Waals surface area contributed by atoms with Crippen molar-refractivity contribution in [3.05, 3.63) is 84.6 Å². The third-order valence-corrected chi connectivity index (χ3v) is 5.35. The van der Waals surface area contributed by atoms with Crippen molar-refractivity contribution in [3.8, 4) is 5.75 Å². The number of benzene rings is 2. The van der Waals surface area contributed by atoms with E-state index in [2.05, 4.69) is 25.2 Å². The zero-order valence-electron chi connectivity index (χ0n) is 17.2. The Hall–Kier alpha value is -4.33. The highest BCUT2D eigenvalue weighted by atomic mass is 19.1. The molecule has 7 nitrogen and oxygen atoms in total. The summed E-state index contributed by atoms with van der Waals surface area (Å²) < 4.78 is 20.7. The lowest BCUT2D eigenvalue weighted by Crippen LogP contribution is -2.20. The quantitative estimate of drug-likeness (QED) is 0.352. The van der Waals surface area contributed by atoms with Gasteiger partial charge in [0.2, 0.25) is 0 Å². The number of hydrogen-bond donors (Lipinski definition) is 3. The van der Waals surface area contributed by atoms with E-state index < -0.39 is 11.8 Å². The summed E-state index contributed by atoms with van der Waals surface area (Å²) in [4.78, 5) is 20.1. The number of hydrogen-bond acceptors (Lipinski definition) is 3. The largest absolute Gasteiger partial charge is 0.494 e. The predicted octanol–water partition coefficient (Wildman–Crippen LogP) is 5.36. The number of amides is 2. The van der Waals surface area contributed by atoms with Crippen LogP contribution in [0.25, 0.3) is 21.9 Å². The molecule has 3 aromatic heterocycles. The highest BCUT2D eigenvalue weighted by Gasteiger charge is 2.13. The first kappa shape index (κ1) is 19.6. The molecule has 0 bridgehead atoms. The Morgan fingerprint density at radius 2 is 1.97 bits per heavy atom. The summed E-state index contributed by atoms with van der Waals surface area (Å²) in [5.74, 6) is -0.192. The molecule has 5 rings (SSSR count). The third-order valence-electron chi connectivity index (χ3n) is 5.35. The van der Waals surface area contributed by atoms with Crippen LogP contribution in [0.3, 0.4) is 0 Å². The van der Waals surface area contributed by atoms with Crippen LogP contribution in [0, 0.1) is 5.82 Å². The molecule has 0 fully saturated rings. The summed E-state index contributed by atoms with van der Waals surface area (Å²) in [6, 6.07) is 15.2. The number of fused-ring (bicyclic) bond motifs is 2. The van der Waals surface area contributed by atoms with E-state index in [1.165, 1.54) is 25.3 Å². The van der Waals surface area contributed by atoms with E-state index in [9.17, 15) is 9.18 Å². The molecule has 0 saturated carbocycles. The average molecular weight is 429 g/mol. The van der Waals surface area contributed by atoms with Crippen LogP contribution in [-0.4, -0.2) is 27.7 Å². The molecule has 0 spiro atoms. The maximum atomic E-state index is 13.4. The number of nitrogens with zero attached hydrogens (tertiary/aromatic N) is 2. The molecule has 5 aromatic rings. The van der Waals surface area contributed by atoms with E-state index in [0.717, 1.165) is 27.5 Å². The minimum Gasteiger partial charge on any atom is -0.494 e. The summed E-state index contributed by atoms with van der Waals surface area (Å²) in [7, 11) is 1.42. The molecule has 2 aromatic carbocycles. The topological polar surface area (TPSA) is 84.0 Å². The van der Waals surface area contributed by atoms with Gasteiger partial charge in [0.25, 0.3) is 0 Å². The van der Waals surface area contributed by atoms with Gasteiger partial charge in [-0.3, -0.25) is 0 Å². The number of carbonyl (C=O) groups excluding carboxylic acids is 1. The molecule has 0 saturated heterocycles. The Morgan fingerprint density at radius 3 is 2.84 bits per heavy atom. The van der Waals surface area contributed by atoms with E-state index in [1.807, 2.05) is 48.8 Å². The maximum absolute atomic E-state index is 13.4. The maximum Gasteiger partial charge on any atom is 0.323 e. The molecule has 3 heterocycles. The van der Waals surface area contributed by atoms with Crippen molar-refractivity contribution < 1.29 is 13.9 Å². The number of nitrogens with one attached hydrogen (secondary N) is 3. The van der Waals surface area contributed by atoms with Crippen molar-refractivity contribution >= 4 is 39.3 Å². The number of rotatable bonds is 5. The van der Waals surface area contributed by atoms with E-state index in [4.69, 9.17) is 4.74 Å². The molecule has 0 radical (unpaired) electrons. The summed E-state index contributed by atoms with van der Waals surface area (Å²) in [5, 5.41) is 7.57. The number of carbonyl (C=O) groups is 1. The van der Waals surface area contributed by atoms with E-state index in [-0.39, 0.29) is 5.75 Å². The van der Waals surface area contributed by atoms with Gasteiger partial charge in [0, 0.05) is 42.0 Å². The standard InChI is InChI=1S/C24H20FN5O2/c1-32-22-12-16(25)7-8-20(22)29-24(31)28-19-5-2-6-21-18(19)9-11-30(21)14-15-13-27-23-17(15)4-3-10-26-23/h2-13H,14H2,1H3,(H,26,27)(H2,28,29,31). The van der Waals surface area contributed by atoms with E-state index in [1.54, 1.807) is 6.20 Å². The molecule has 32 heavy (non-hydrogen) atoms. The van der Waals surface area contributed by atoms with Gasteiger partial charge in [-0.15, -0.1) is 0 Å². The van der Waals surface area contributed by atoms with Crippen LogP contribution < -0.4 is 15.4 Å². The third kappa shape index (κ3) is 3.62. The molecule has 0 atom stereocenters. The van der Waals surface area contributed by atoms with Crippen LogP contribution in [-0.2, 0) is 6.54 Å². The number of aromatic nitrogens is 3. The van der Waals surface area contributed by atoms with Gasteiger partial charge in [0.05, 0.1) is 24.0 Å². The number of H-pyrrole nitrogens is 1. The molecule has 0 unspecified atom stereocenters. The number of ether oxygens (including phenoxy) is 1. The van der Waals surface area contributed by atoms with E-state index in [0.29, 0.717) is 17.9 Å². The van der Waals surface area contributed by atoms with Crippen LogP contribution in [0.15, 0.2) is 73.2 Å². The summed E-state index contributed by atoms with van der Waals surface area (Å²) in [6.45, 7) is 0.664. The first-order valence-electron chi connectivity index (χ1n) is 10.0. The molecule has 160 valence electrons. The number of urea groups is 1. The minimum absolute atomic E-state index is 0.248. The number of anilines is 2. The Kier molecular flexibility index (Phi) is 4.95. The molecule has 2 amide bonds. The highest BCUT2D eigenvalue weighted by molar-refractivity contribution is 6.06. The zero-order valence-corrected chi connectivity index (χ0v) is 17.2. The van der Waals surface area contributed by atoms with Gasteiger partial charge in [-0.05, 0) is 48.0 Å². The Labute approximate surface area is 182 Å². The molecule has 0 aliphatic carbocycles. The van der Waals surface area contributed by atoms with Crippen LogP contribution in [0.1, 0.15) is 5.56 Å². The van der Waals surface area contributed by atoms with Crippen molar-refractivity contribution in [1.82, 2.24) is 14.5 Å².